The maximum Gasteiger partial charge on any atom is 0.492 e. The van der Waals surface area contributed by atoms with Crippen molar-refractivity contribution in [2.24, 2.45) is 0 Å². The molecule has 0 saturated carbocycles. The maximum absolute atomic E-state index is 10.7. The van der Waals surface area contributed by atoms with E-state index in [9.17, 15) is 9.90 Å². The summed E-state index contributed by atoms with van der Waals surface area (Å²) < 4.78 is 11.8. The zero-order chi connectivity index (χ0) is 16.5. The zero-order valence-electron chi connectivity index (χ0n) is 13.3. The number of hydrogen-bond donors (Lipinski definition) is 2. The molecule has 0 aromatic carbocycles. The van der Waals surface area contributed by atoms with Crippen LogP contribution in [0.15, 0.2) is 16.9 Å². The Labute approximate surface area is 134 Å². The van der Waals surface area contributed by atoms with E-state index in [-0.39, 0.29) is 13.0 Å². The van der Waals surface area contributed by atoms with Gasteiger partial charge in [-0.15, -0.1) is 11.3 Å². The molecule has 0 radical (unpaired) electrons. The summed E-state index contributed by atoms with van der Waals surface area (Å²) >= 11 is 1.38. The number of aliphatic carboxylic acids is 1. The number of carbonyl (C=O) groups is 1. The first kappa shape index (κ1) is 17.2. The highest BCUT2D eigenvalue weighted by Crippen LogP contribution is 2.38. The van der Waals surface area contributed by atoms with E-state index in [1.165, 1.54) is 11.3 Å². The van der Waals surface area contributed by atoms with E-state index in [0.29, 0.717) is 5.47 Å². The summed E-state index contributed by atoms with van der Waals surface area (Å²) in [6.45, 7) is 7.64. The van der Waals surface area contributed by atoms with Gasteiger partial charge < -0.3 is 19.5 Å². The Morgan fingerprint density at radius 1 is 1.32 bits per heavy atom. The standard InChI is InChI=1S/C15H21BO5S/c1-14(2)15(3,4)21-16(20-14)11(8-17)5-10-6-12(22-9-10)7-13(18)19/h5-6,9,17H,7-8H2,1-4H3,(H,18,19). The average molecular weight is 324 g/mol. The fourth-order valence-corrected chi connectivity index (χ4v) is 2.95. The molecular formula is C15H21BO5S. The van der Waals surface area contributed by atoms with Crippen molar-refractivity contribution in [2.75, 3.05) is 6.61 Å². The smallest absolute Gasteiger partial charge is 0.481 e. The first-order valence-corrected chi connectivity index (χ1v) is 7.99. The van der Waals surface area contributed by atoms with Crippen molar-refractivity contribution in [2.45, 2.75) is 45.3 Å². The van der Waals surface area contributed by atoms with Gasteiger partial charge in [0.05, 0.1) is 24.2 Å². The van der Waals surface area contributed by atoms with Crippen LogP contribution in [0.4, 0.5) is 0 Å². The minimum Gasteiger partial charge on any atom is -0.481 e. The van der Waals surface area contributed by atoms with E-state index in [2.05, 4.69) is 0 Å². The van der Waals surface area contributed by atoms with Gasteiger partial charge in [0.15, 0.2) is 0 Å². The van der Waals surface area contributed by atoms with Crippen molar-refractivity contribution in [1.82, 2.24) is 0 Å². The monoisotopic (exact) mass is 324 g/mol. The normalized spacial score (nSPS) is 20.4. The second-order valence-electron chi connectivity index (χ2n) is 6.38. The number of carboxylic acid groups (broad SMARTS) is 1. The Morgan fingerprint density at radius 2 is 1.91 bits per heavy atom. The first-order valence-electron chi connectivity index (χ1n) is 7.11. The van der Waals surface area contributed by atoms with Gasteiger partial charge in [-0.25, -0.2) is 0 Å². The molecule has 2 heterocycles. The van der Waals surface area contributed by atoms with Gasteiger partial charge in [0.25, 0.3) is 0 Å². The zero-order valence-corrected chi connectivity index (χ0v) is 14.1. The highest BCUT2D eigenvalue weighted by Gasteiger charge is 2.52. The Bertz CT molecular complexity index is 575. The molecular weight excluding hydrogens is 303 g/mol. The first-order chi connectivity index (χ1) is 10.1. The lowest BCUT2D eigenvalue weighted by atomic mass is 9.78. The molecule has 0 spiro atoms. The van der Waals surface area contributed by atoms with Gasteiger partial charge >= 0.3 is 13.1 Å². The molecule has 1 aromatic heterocycles. The number of carboxylic acids is 1. The van der Waals surface area contributed by atoms with Gasteiger partial charge in [-0.3, -0.25) is 4.79 Å². The van der Waals surface area contributed by atoms with Gasteiger partial charge in [-0.1, -0.05) is 6.08 Å². The van der Waals surface area contributed by atoms with Crippen LogP contribution in [0.1, 0.15) is 38.1 Å². The number of hydrogen-bond acceptors (Lipinski definition) is 5. The highest BCUT2D eigenvalue weighted by atomic mass is 32.1. The molecule has 0 unspecified atom stereocenters. The molecule has 1 aliphatic heterocycles. The average Bonchev–Trinajstić information content (AvgIpc) is 2.88. The lowest BCUT2D eigenvalue weighted by Crippen LogP contribution is -2.41. The van der Waals surface area contributed by atoms with Crippen molar-refractivity contribution in [1.29, 1.82) is 0 Å². The summed E-state index contributed by atoms with van der Waals surface area (Å²) in [6, 6.07) is 1.81. The van der Waals surface area contributed by atoms with Crippen molar-refractivity contribution in [3.8, 4) is 0 Å². The summed E-state index contributed by atoms with van der Waals surface area (Å²) in [7, 11) is -0.599. The van der Waals surface area contributed by atoms with Gasteiger partial charge in [0.1, 0.15) is 0 Å². The molecule has 1 aliphatic rings. The molecule has 0 aliphatic carbocycles. The molecule has 1 fully saturated rings. The minimum absolute atomic E-state index is 0.00343. The fourth-order valence-electron chi connectivity index (χ4n) is 2.11. The summed E-state index contributed by atoms with van der Waals surface area (Å²) in [4.78, 5) is 11.5. The highest BCUT2D eigenvalue weighted by molar-refractivity contribution is 7.10. The Kier molecular flexibility index (Phi) is 4.82. The molecule has 0 amide bonds. The lowest BCUT2D eigenvalue weighted by molar-refractivity contribution is -0.136. The second-order valence-corrected chi connectivity index (χ2v) is 7.38. The number of thiophene rings is 1. The van der Waals surface area contributed by atoms with Gasteiger partial charge in [-0.05, 0) is 50.2 Å². The van der Waals surface area contributed by atoms with E-state index in [1.54, 1.807) is 12.1 Å². The van der Waals surface area contributed by atoms with Crippen LogP contribution in [0.5, 0.6) is 0 Å². The summed E-state index contributed by atoms with van der Waals surface area (Å²) in [5.74, 6) is -0.856. The third-order valence-corrected chi connectivity index (χ3v) is 5.05. The predicted molar refractivity (Wildman–Crippen MR) is 86.8 cm³/mol. The fraction of sp³-hybridized carbons (Fsp3) is 0.533. The SMILES string of the molecule is CC1(C)OB(C(=Cc2csc(CC(=O)O)c2)CO)OC1(C)C. The van der Waals surface area contributed by atoms with Gasteiger partial charge in [0.2, 0.25) is 0 Å². The van der Waals surface area contributed by atoms with Crippen LogP contribution in [0, 0.1) is 0 Å². The topological polar surface area (TPSA) is 76.0 Å². The second kappa shape index (κ2) is 6.16. The van der Waals surface area contributed by atoms with Crippen molar-refractivity contribution in [3.05, 3.63) is 27.4 Å². The molecule has 2 rings (SSSR count). The molecule has 22 heavy (non-hydrogen) atoms. The van der Waals surface area contributed by atoms with E-state index < -0.39 is 24.3 Å². The molecule has 2 N–H and O–H groups in total. The van der Waals surface area contributed by atoms with Crippen LogP contribution in [-0.2, 0) is 20.5 Å². The Morgan fingerprint density at radius 3 is 2.41 bits per heavy atom. The number of rotatable bonds is 5. The van der Waals surface area contributed by atoms with Crippen molar-refractivity contribution < 1.29 is 24.3 Å². The van der Waals surface area contributed by atoms with Gasteiger partial charge in [0, 0.05) is 4.88 Å². The molecule has 0 bridgehead atoms. The predicted octanol–water partition coefficient (Wildman–Crippen LogP) is 2.38. The van der Waals surface area contributed by atoms with Crippen LogP contribution in [0.25, 0.3) is 6.08 Å². The van der Waals surface area contributed by atoms with Crippen LogP contribution in [0.3, 0.4) is 0 Å². The van der Waals surface area contributed by atoms with Crippen LogP contribution in [-0.4, -0.2) is 41.1 Å². The number of aliphatic hydroxyl groups is 1. The van der Waals surface area contributed by atoms with Crippen molar-refractivity contribution in [3.63, 3.8) is 0 Å². The Hall–Kier alpha value is -1.15. The summed E-state index contributed by atoms with van der Waals surface area (Å²) in [6.07, 6.45) is 1.80. The third-order valence-electron chi connectivity index (χ3n) is 4.09. The van der Waals surface area contributed by atoms with Gasteiger partial charge in [-0.2, -0.15) is 0 Å². The largest absolute Gasteiger partial charge is 0.492 e. The van der Waals surface area contributed by atoms with E-state index in [1.807, 2.05) is 33.1 Å². The molecule has 0 atom stereocenters. The molecule has 1 aromatic rings. The summed E-state index contributed by atoms with van der Waals surface area (Å²) in [5.41, 5.74) is 0.544. The van der Waals surface area contributed by atoms with Crippen LogP contribution in [0.2, 0.25) is 0 Å². The molecule has 120 valence electrons. The van der Waals surface area contributed by atoms with E-state index in [0.717, 1.165) is 10.4 Å². The van der Waals surface area contributed by atoms with E-state index >= 15 is 0 Å². The maximum atomic E-state index is 10.7. The molecule has 5 nitrogen and oxygen atoms in total. The van der Waals surface area contributed by atoms with E-state index in [4.69, 9.17) is 14.4 Å². The molecule has 1 saturated heterocycles. The summed E-state index contributed by atoms with van der Waals surface area (Å²) in [5, 5.41) is 20.3. The third kappa shape index (κ3) is 3.60. The van der Waals surface area contributed by atoms with Crippen LogP contribution < -0.4 is 0 Å². The lowest BCUT2D eigenvalue weighted by Gasteiger charge is -2.32. The number of aliphatic hydroxyl groups excluding tert-OH is 1. The quantitative estimate of drug-likeness (QED) is 0.813. The van der Waals surface area contributed by atoms with Crippen molar-refractivity contribution >= 4 is 30.5 Å². The molecule has 7 heteroatoms. The minimum atomic E-state index is -0.856. The van der Waals surface area contributed by atoms with Crippen LogP contribution >= 0.6 is 11.3 Å². The Balaban J connectivity index is 2.18.